The molecule has 5 nitrogen and oxygen atoms in total. The topological polar surface area (TPSA) is 65.0 Å². The van der Waals surface area contributed by atoms with Crippen LogP contribution in [0.5, 0.6) is 0 Å². The molecule has 0 bridgehead atoms. The molecule has 104 valence electrons. The number of hydrogen-bond acceptors (Lipinski definition) is 4. The van der Waals surface area contributed by atoms with E-state index in [4.69, 9.17) is 19.3 Å². The minimum atomic E-state index is -0.972. The molecule has 0 radical (unpaired) electrons. The van der Waals surface area contributed by atoms with Crippen LogP contribution in [0.15, 0.2) is 12.2 Å². The van der Waals surface area contributed by atoms with Gasteiger partial charge in [0.25, 0.3) is 0 Å². The molecule has 1 rings (SSSR count). The van der Waals surface area contributed by atoms with Crippen molar-refractivity contribution in [3.8, 4) is 0 Å². The van der Waals surface area contributed by atoms with Crippen LogP contribution in [0.2, 0.25) is 0 Å². The van der Waals surface area contributed by atoms with Crippen molar-refractivity contribution in [3.05, 3.63) is 12.2 Å². The number of rotatable bonds is 7. The van der Waals surface area contributed by atoms with Crippen molar-refractivity contribution in [1.82, 2.24) is 0 Å². The summed E-state index contributed by atoms with van der Waals surface area (Å²) in [5.41, 5.74) is 0.248. The first-order chi connectivity index (χ1) is 8.41. The van der Waals surface area contributed by atoms with E-state index >= 15 is 0 Å². The van der Waals surface area contributed by atoms with Crippen LogP contribution < -0.4 is 0 Å². The van der Waals surface area contributed by atoms with E-state index in [1.165, 1.54) is 0 Å². The van der Waals surface area contributed by atoms with E-state index < -0.39 is 5.97 Å². The van der Waals surface area contributed by atoms with Crippen LogP contribution in [-0.4, -0.2) is 43.8 Å². The standard InChI is InChI=1S/C13H22O5/c1-10(12(14)15)4-6-16-7-5-11-17-8-13(2,3)9-18-11/h11H,1,4-9H2,2-3H3,(H,14,15). The van der Waals surface area contributed by atoms with Crippen LogP contribution in [0, 0.1) is 5.41 Å². The van der Waals surface area contributed by atoms with E-state index in [1.54, 1.807) is 0 Å². The van der Waals surface area contributed by atoms with Gasteiger partial charge in [0.15, 0.2) is 6.29 Å². The molecule has 0 aliphatic carbocycles. The van der Waals surface area contributed by atoms with Gasteiger partial charge in [0.1, 0.15) is 0 Å². The number of aliphatic carboxylic acids is 1. The number of hydrogen-bond donors (Lipinski definition) is 1. The predicted octanol–water partition coefficient (Wildman–Crippen LogP) is 1.82. The SMILES string of the molecule is C=C(CCOCCC1OCC(C)(C)CO1)C(=O)O. The molecule has 1 heterocycles. The van der Waals surface area contributed by atoms with Crippen molar-refractivity contribution in [3.63, 3.8) is 0 Å². The Morgan fingerprint density at radius 3 is 2.56 bits per heavy atom. The second-order valence-electron chi connectivity index (χ2n) is 5.28. The molecule has 18 heavy (non-hydrogen) atoms. The fourth-order valence-electron chi connectivity index (χ4n) is 1.48. The third-order valence-electron chi connectivity index (χ3n) is 2.67. The Hall–Kier alpha value is -0.910. The zero-order valence-electron chi connectivity index (χ0n) is 11.1. The molecule has 0 atom stereocenters. The van der Waals surface area contributed by atoms with E-state index in [-0.39, 0.29) is 17.3 Å². The summed E-state index contributed by atoms with van der Waals surface area (Å²) in [6.45, 7) is 9.86. The number of carboxylic acids is 1. The lowest BCUT2D eigenvalue weighted by Gasteiger charge is -2.34. The van der Waals surface area contributed by atoms with E-state index in [0.29, 0.717) is 39.3 Å². The molecule has 0 aromatic rings. The lowest BCUT2D eigenvalue weighted by atomic mass is 9.95. The highest BCUT2D eigenvalue weighted by atomic mass is 16.7. The fraction of sp³-hybridized carbons (Fsp3) is 0.769. The summed E-state index contributed by atoms with van der Waals surface area (Å²) in [7, 11) is 0. The highest BCUT2D eigenvalue weighted by molar-refractivity contribution is 5.85. The number of carboxylic acid groups (broad SMARTS) is 1. The summed E-state index contributed by atoms with van der Waals surface area (Å²) >= 11 is 0. The van der Waals surface area contributed by atoms with Gasteiger partial charge in [0.05, 0.1) is 26.4 Å². The highest BCUT2D eigenvalue weighted by Crippen LogP contribution is 2.23. The van der Waals surface area contributed by atoms with Gasteiger partial charge >= 0.3 is 5.97 Å². The van der Waals surface area contributed by atoms with Gasteiger partial charge in [-0.3, -0.25) is 0 Å². The fourth-order valence-corrected chi connectivity index (χ4v) is 1.48. The first-order valence-corrected chi connectivity index (χ1v) is 6.13. The maximum atomic E-state index is 10.5. The largest absolute Gasteiger partial charge is 0.478 e. The first-order valence-electron chi connectivity index (χ1n) is 6.13. The van der Waals surface area contributed by atoms with Gasteiger partial charge in [0, 0.05) is 23.8 Å². The Labute approximate surface area is 108 Å². The van der Waals surface area contributed by atoms with Gasteiger partial charge in [-0.2, -0.15) is 0 Å². The van der Waals surface area contributed by atoms with Crippen LogP contribution in [0.25, 0.3) is 0 Å². The first kappa shape index (κ1) is 15.1. The minimum absolute atomic E-state index is 0.0799. The Morgan fingerprint density at radius 1 is 1.39 bits per heavy atom. The van der Waals surface area contributed by atoms with Gasteiger partial charge < -0.3 is 19.3 Å². The number of ether oxygens (including phenoxy) is 3. The van der Waals surface area contributed by atoms with E-state index in [0.717, 1.165) is 0 Å². The maximum Gasteiger partial charge on any atom is 0.331 e. The molecule has 1 N–H and O–H groups in total. The zero-order chi connectivity index (χ0) is 13.6. The van der Waals surface area contributed by atoms with Crippen LogP contribution in [0.4, 0.5) is 0 Å². The Bertz CT molecular complexity index is 288. The van der Waals surface area contributed by atoms with E-state index in [9.17, 15) is 4.79 Å². The maximum absolute atomic E-state index is 10.5. The van der Waals surface area contributed by atoms with E-state index in [2.05, 4.69) is 20.4 Å². The predicted molar refractivity (Wildman–Crippen MR) is 66.3 cm³/mol. The molecule has 0 spiro atoms. The average molecular weight is 258 g/mol. The average Bonchev–Trinajstić information content (AvgIpc) is 2.30. The normalized spacial score (nSPS) is 19.7. The lowest BCUT2D eigenvalue weighted by Crippen LogP contribution is -2.38. The van der Waals surface area contributed by atoms with Crippen molar-refractivity contribution in [2.24, 2.45) is 5.41 Å². The van der Waals surface area contributed by atoms with Gasteiger partial charge in [-0.05, 0) is 0 Å². The summed E-state index contributed by atoms with van der Waals surface area (Å²) in [5, 5.41) is 8.60. The second-order valence-corrected chi connectivity index (χ2v) is 5.28. The molecule has 1 saturated heterocycles. The lowest BCUT2D eigenvalue weighted by molar-refractivity contribution is -0.227. The molecular weight excluding hydrogens is 236 g/mol. The van der Waals surface area contributed by atoms with Crippen molar-refractivity contribution < 1.29 is 24.1 Å². The molecule has 5 heteroatoms. The quantitative estimate of drug-likeness (QED) is 0.557. The molecular formula is C13H22O5. The van der Waals surface area contributed by atoms with Gasteiger partial charge in [-0.25, -0.2) is 4.79 Å². The van der Waals surface area contributed by atoms with Crippen LogP contribution >= 0.6 is 0 Å². The third-order valence-corrected chi connectivity index (χ3v) is 2.67. The van der Waals surface area contributed by atoms with Gasteiger partial charge in [-0.15, -0.1) is 0 Å². The van der Waals surface area contributed by atoms with Crippen LogP contribution in [-0.2, 0) is 19.0 Å². The molecule has 0 amide bonds. The molecule has 1 fully saturated rings. The monoisotopic (exact) mass is 258 g/mol. The minimum Gasteiger partial charge on any atom is -0.478 e. The molecule has 1 aliphatic rings. The molecule has 0 aromatic heterocycles. The molecule has 0 aromatic carbocycles. The summed E-state index contributed by atoms with van der Waals surface area (Å²) in [5.74, 6) is -0.972. The molecule has 0 saturated carbocycles. The summed E-state index contributed by atoms with van der Waals surface area (Å²) in [4.78, 5) is 10.5. The van der Waals surface area contributed by atoms with Crippen molar-refractivity contribution >= 4 is 5.97 Å². The molecule has 1 aliphatic heterocycles. The third kappa shape index (κ3) is 5.62. The summed E-state index contributed by atoms with van der Waals surface area (Å²) < 4.78 is 16.4. The van der Waals surface area contributed by atoms with Crippen molar-refractivity contribution in [2.75, 3.05) is 26.4 Å². The van der Waals surface area contributed by atoms with Crippen LogP contribution in [0.3, 0.4) is 0 Å². The van der Waals surface area contributed by atoms with Crippen molar-refractivity contribution in [2.45, 2.75) is 33.0 Å². The Morgan fingerprint density at radius 2 is 2.00 bits per heavy atom. The smallest absolute Gasteiger partial charge is 0.331 e. The summed E-state index contributed by atoms with van der Waals surface area (Å²) in [6.07, 6.45) is 0.797. The summed E-state index contributed by atoms with van der Waals surface area (Å²) in [6, 6.07) is 0. The van der Waals surface area contributed by atoms with Gasteiger partial charge in [-0.1, -0.05) is 20.4 Å². The van der Waals surface area contributed by atoms with Gasteiger partial charge in [0.2, 0.25) is 0 Å². The van der Waals surface area contributed by atoms with Crippen LogP contribution in [0.1, 0.15) is 26.7 Å². The number of carbonyl (C=O) groups is 1. The second kappa shape index (κ2) is 6.87. The van der Waals surface area contributed by atoms with Crippen molar-refractivity contribution in [1.29, 1.82) is 0 Å². The highest BCUT2D eigenvalue weighted by Gasteiger charge is 2.27. The Kier molecular flexibility index (Phi) is 5.78. The van der Waals surface area contributed by atoms with E-state index in [1.807, 2.05) is 0 Å². The zero-order valence-corrected chi connectivity index (χ0v) is 11.1. The molecule has 0 unspecified atom stereocenters. The Balaban J connectivity index is 2.02.